The molecule has 5 N–H and O–H groups in total. The van der Waals surface area contributed by atoms with Crippen molar-refractivity contribution in [1.82, 2.24) is 5.32 Å². The molecule has 0 aromatic carbocycles. The van der Waals surface area contributed by atoms with E-state index >= 15 is 0 Å². The lowest BCUT2D eigenvalue weighted by Gasteiger charge is -2.14. The molecule has 1 amide bonds. The second-order valence-corrected chi connectivity index (χ2v) is 2.74. The Kier molecular flexibility index (Phi) is 5.44. The molecule has 76 valence electrons. The van der Waals surface area contributed by atoms with E-state index in [2.05, 4.69) is 17.9 Å². The fraction of sp³-hybridized carbons (Fsp3) is 0.667. The van der Waals surface area contributed by atoms with E-state index in [1.165, 1.54) is 0 Å². The Bertz CT molecular complexity index is 199. The summed E-state index contributed by atoms with van der Waals surface area (Å²) >= 11 is 3.73. The molecular weight excluding hydrogens is 196 g/mol. The summed E-state index contributed by atoms with van der Waals surface area (Å²) in [5, 5.41) is 19.1. The maximum Gasteiger partial charge on any atom is 0.327 e. The standard InChI is InChI=1S/C6H12N2O4S/c7-3(1-9)5(10)8-4(2-13)6(11)12/h3-4,9,13H,1-2,7H2,(H,8,10)(H,11,12). The van der Waals surface area contributed by atoms with E-state index in [4.69, 9.17) is 15.9 Å². The van der Waals surface area contributed by atoms with Gasteiger partial charge in [-0.3, -0.25) is 4.79 Å². The number of aliphatic hydroxyl groups is 1. The molecule has 0 saturated heterocycles. The molecule has 13 heavy (non-hydrogen) atoms. The maximum atomic E-state index is 11.0. The minimum atomic E-state index is -1.19. The molecule has 0 fully saturated rings. The normalized spacial score (nSPS) is 14.7. The van der Waals surface area contributed by atoms with Gasteiger partial charge in [-0.05, 0) is 0 Å². The molecule has 2 atom stereocenters. The maximum absolute atomic E-state index is 11.0. The van der Waals surface area contributed by atoms with Crippen molar-refractivity contribution in [1.29, 1.82) is 0 Å². The number of carbonyl (C=O) groups excluding carboxylic acids is 1. The summed E-state index contributed by atoms with van der Waals surface area (Å²) < 4.78 is 0. The molecule has 0 aromatic heterocycles. The van der Waals surface area contributed by atoms with Gasteiger partial charge in [0.2, 0.25) is 5.91 Å². The van der Waals surface area contributed by atoms with Crippen molar-refractivity contribution in [2.45, 2.75) is 12.1 Å². The van der Waals surface area contributed by atoms with Gasteiger partial charge in [0.1, 0.15) is 12.1 Å². The van der Waals surface area contributed by atoms with E-state index in [0.29, 0.717) is 0 Å². The van der Waals surface area contributed by atoms with Crippen LogP contribution in [0.4, 0.5) is 0 Å². The van der Waals surface area contributed by atoms with Gasteiger partial charge in [0.15, 0.2) is 0 Å². The summed E-state index contributed by atoms with van der Waals surface area (Å²) in [7, 11) is 0. The predicted octanol–water partition coefficient (Wildman–Crippen LogP) is -2.19. The molecule has 2 unspecified atom stereocenters. The van der Waals surface area contributed by atoms with Crippen LogP contribution in [-0.2, 0) is 9.59 Å². The number of hydrogen-bond acceptors (Lipinski definition) is 5. The summed E-state index contributed by atoms with van der Waals surface area (Å²) in [6.45, 7) is -0.523. The number of carboxylic acid groups (broad SMARTS) is 1. The van der Waals surface area contributed by atoms with Gasteiger partial charge >= 0.3 is 5.97 Å². The van der Waals surface area contributed by atoms with Crippen molar-refractivity contribution in [3.8, 4) is 0 Å². The van der Waals surface area contributed by atoms with Crippen LogP contribution in [0.1, 0.15) is 0 Å². The molecule has 0 spiro atoms. The molecule has 0 aromatic rings. The third-order valence-corrected chi connectivity index (χ3v) is 1.70. The van der Waals surface area contributed by atoms with Crippen molar-refractivity contribution in [3.05, 3.63) is 0 Å². The van der Waals surface area contributed by atoms with Gasteiger partial charge in [0.25, 0.3) is 0 Å². The first kappa shape index (κ1) is 12.2. The molecule has 0 heterocycles. The minimum Gasteiger partial charge on any atom is -0.480 e. The lowest BCUT2D eigenvalue weighted by molar-refractivity contribution is -0.141. The van der Waals surface area contributed by atoms with E-state index in [1.807, 2.05) is 0 Å². The van der Waals surface area contributed by atoms with E-state index in [9.17, 15) is 9.59 Å². The molecular formula is C6H12N2O4S. The SMILES string of the molecule is NC(CO)C(=O)NC(CS)C(=O)O. The van der Waals surface area contributed by atoms with Crippen molar-refractivity contribution >= 4 is 24.5 Å². The molecule has 0 saturated carbocycles. The highest BCUT2D eigenvalue weighted by Crippen LogP contribution is 1.89. The van der Waals surface area contributed by atoms with Crippen LogP contribution in [0.5, 0.6) is 0 Å². The topological polar surface area (TPSA) is 113 Å². The molecule has 0 rings (SSSR count). The Morgan fingerprint density at radius 3 is 2.38 bits per heavy atom. The van der Waals surface area contributed by atoms with Gasteiger partial charge in [-0.1, -0.05) is 0 Å². The van der Waals surface area contributed by atoms with Crippen LogP contribution in [0.15, 0.2) is 0 Å². The first-order valence-electron chi connectivity index (χ1n) is 3.53. The third-order valence-electron chi connectivity index (χ3n) is 1.33. The number of thiol groups is 1. The summed E-state index contributed by atoms with van der Waals surface area (Å²) in [4.78, 5) is 21.4. The number of aliphatic carboxylic acids is 1. The summed E-state index contributed by atoms with van der Waals surface area (Å²) in [5.41, 5.74) is 5.14. The zero-order valence-electron chi connectivity index (χ0n) is 6.80. The highest BCUT2D eigenvalue weighted by atomic mass is 32.1. The average molecular weight is 208 g/mol. The molecule has 0 aliphatic heterocycles. The van der Waals surface area contributed by atoms with Gasteiger partial charge in [0.05, 0.1) is 6.61 Å². The smallest absolute Gasteiger partial charge is 0.327 e. The number of rotatable bonds is 5. The average Bonchev–Trinajstić information content (AvgIpc) is 2.11. The molecule has 6 nitrogen and oxygen atoms in total. The van der Waals surface area contributed by atoms with Gasteiger partial charge in [-0.2, -0.15) is 12.6 Å². The van der Waals surface area contributed by atoms with Crippen molar-refractivity contribution < 1.29 is 19.8 Å². The van der Waals surface area contributed by atoms with Crippen LogP contribution < -0.4 is 11.1 Å². The van der Waals surface area contributed by atoms with Crippen LogP contribution in [0.3, 0.4) is 0 Å². The van der Waals surface area contributed by atoms with Crippen LogP contribution in [0, 0.1) is 0 Å². The Morgan fingerprint density at radius 1 is 1.54 bits per heavy atom. The van der Waals surface area contributed by atoms with E-state index < -0.39 is 30.6 Å². The Hall–Kier alpha value is -0.790. The van der Waals surface area contributed by atoms with Gasteiger partial charge in [0, 0.05) is 5.75 Å². The Morgan fingerprint density at radius 2 is 2.08 bits per heavy atom. The first-order chi connectivity index (χ1) is 6.02. The quantitative estimate of drug-likeness (QED) is 0.329. The fourth-order valence-electron chi connectivity index (χ4n) is 0.547. The summed E-state index contributed by atoms with van der Waals surface area (Å²) in [6, 6.07) is -2.17. The Balaban J connectivity index is 4.09. The monoisotopic (exact) mass is 208 g/mol. The van der Waals surface area contributed by atoms with Crippen LogP contribution in [-0.4, -0.2) is 46.5 Å². The highest BCUT2D eigenvalue weighted by molar-refractivity contribution is 7.80. The molecule has 0 aliphatic carbocycles. The molecule has 7 heteroatoms. The number of nitrogens with two attached hydrogens (primary N) is 1. The van der Waals surface area contributed by atoms with Crippen LogP contribution in [0.25, 0.3) is 0 Å². The Labute approximate surface area is 80.5 Å². The van der Waals surface area contributed by atoms with Gasteiger partial charge < -0.3 is 21.3 Å². The fourth-order valence-corrected chi connectivity index (χ4v) is 0.795. The van der Waals surface area contributed by atoms with Crippen molar-refractivity contribution in [2.75, 3.05) is 12.4 Å². The third kappa shape index (κ3) is 4.11. The number of carbonyl (C=O) groups is 2. The van der Waals surface area contributed by atoms with E-state index in [-0.39, 0.29) is 5.75 Å². The van der Waals surface area contributed by atoms with Crippen LogP contribution >= 0.6 is 12.6 Å². The molecule has 0 bridgehead atoms. The zero-order chi connectivity index (χ0) is 10.4. The van der Waals surface area contributed by atoms with Crippen LogP contribution in [0.2, 0.25) is 0 Å². The summed E-state index contributed by atoms with van der Waals surface area (Å²) in [6.07, 6.45) is 0. The molecule has 0 radical (unpaired) electrons. The highest BCUT2D eigenvalue weighted by Gasteiger charge is 2.21. The molecule has 0 aliphatic rings. The lowest BCUT2D eigenvalue weighted by Crippen LogP contribution is -2.50. The zero-order valence-corrected chi connectivity index (χ0v) is 7.70. The second kappa shape index (κ2) is 5.79. The van der Waals surface area contributed by atoms with Gasteiger partial charge in [-0.15, -0.1) is 0 Å². The largest absolute Gasteiger partial charge is 0.480 e. The number of nitrogens with one attached hydrogen (secondary N) is 1. The number of aliphatic hydroxyl groups excluding tert-OH is 1. The van der Waals surface area contributed by atoms with E-state index in [0.717, 1.165) is 0 Å². The second-order valence-electron chi connectivity index (χ2n) is 2.37. The summed E-state index contributed by atoms with van der Waals surface area (Å²) in [5.74, 6) is -1.92. The van der Waals surface area contributed by atoms with Crippen molar-refractivity contribution in [2.24, 2.45) is 5.73 Å². The number of amides is 1. The number of hydrogen-bond donors (Lipinski definition) is 5. The number of carboxylic acids is 1. The van der Waals surface area contributed by atoms with Crippen molar-refractivity contribution in [3.63, 3.8) is 0 Å². The lowest BCUT2D eigenvalue weighted by atomic mass is 10.2. The van der Waals surface area contributed by atoms with E-state index in [1.54, 1.807) is 0 Å². The minimum absolute atomic E-state index is 0.0285. The first-order valence-corrected chi connectivity index (χ1v) is 4.16. The predicted molar refractivity (Wildman–Crippen MR) is 48.5 cm³/mol. The van der Waals surface area contributed by atoms with Gasteiger partial charge in [-0.25, -0.2) is 4.79 Å².